The molecule has 0 radical (unpaired) electrons. The lowest BCUT2D eigenvalue weighted by Gasteiger charge is -2.17. The van der Waals surface area contributed by atoms with E-state index in [2.05, 4.69) is 44.9 Å². The Hall–Kier alpha value is -0.800. The third-order valence-electron chi connectivity index (χ3n) is 2.86. The van der Waals surface area contributed by atoms with Crippen LogP contribution in [0.3, 0.4) is 0 Å². The van der Waals surface area contributed by atoms with Crippen molar-refractivity contribution in [3.05, 3.63) is 22.8 Å². The van der Waals surface area contributed by atoms with E-state index in [-0.39, 0.29) is 6.10 Å². The van der Waals surface area contributed by atoms with Crippen molar-refractivity contribution in [2.24, 2.45) is 11.8 Å². The summed E-state index contributed by atoms with van der Waals surface area (Å²) in [7, 11) is 0. The summed E-state index contributed by atoms with van der Waals surface area (Å²) < 4.78 is 5.85. The van der Waals surface area contributed by atoms with Gasteiger partial charge in [0.05, 0.1) is 16.8 Å². The second-order valence-corrected chi connectivity index (χ2v) is 6.57. The number of nitrogens with one attached hydrogen (secondary N) is 1. The van der Waals surface area contributed by atoms with E-state index >= 15 is 0 Å². The van der Waals surface area contributed by atoms with Crippen LogP contribution in [0.25, 0.3) is 0 Å². The Morgan fingerprint density at radius 3 is 2.45 bits per heavy atom. The number of ether oxygens (including phenoxy) is 1. The predicted octanol–water partition coefficient (Wildman–Crippen LogP) is 4.29. The predicted molar refractivity (Wildman–Crippen MR) is 85.3 cm³/mol. The highest BCUT2D eigenvalue weighted by atomic mass is 35.5. The van der Waals surface area contributed by atoms with E-state index in [9.17, 15) is 0 Å². The van der Waals surface area contributed by atoms with Crippen molar-refractivity contribution in [2.45, 2.75) is 53.7 Å². The number of aromatic nitrogens is 1. The fourth-order valence-corrected chi connectivity index (χ4v) is 2.22. The van der Waals surface area contributed by atoms with Crippen LogP contribution in [0.15, 0.2) is 12.1 Å². The Morgan fingerprint density at radius 1 is 1.15 bits per heavy atom. The fourth-order valence-electron chi connectivity index (χ4n) is 2.05. The molecular weight excluding hydrogens is 272 g/mol. The molecule has 4 heteroatoms. The zero-order valence-electron chi connectivity index (χ0n) is 13.2. The van der Waals surface area contributed by atoms with Crippen molar-refractivity contribution in [1.29, 1.82) is 0 Å². The minimum absolute atomic E-state index is 0.167. The van der Waals surface area contributed by atoms with Crippen molar-refractivity contribution >= 4 is 11.6 Å². The zero-order valence-corrected chi connectivity index (χ0v) is 14.0. The number of hydrogen-bond donors (Lipinski definition) is 1. The van der Waals surface area contributed by atoms with Crippen LogP contribution < -0.4 is 10.1 Å². The van der Waals surface area contributed by atoms with Crippen LogP contribution in [0.2, 0.25) is 5.02 Å². The molecule has 0 aliphatic heterocycles. The summed E-state index contributed by atoms with van der Waals surface area (Å²) in [6.07, 6.45) is 1.19. The first-order valence-corrected chi connectivity index (χ1v) is 7.79. The fraction of sp³-hybridized carbons (Fsp3) is 0.688. The molecule has 1 atom stereocenters. The van der Waals surface area contributed by atoms with E-state index < -0.39 is 0 Å². The molecule has 0 spiro atoms. The van der Waals surface area contributed by atoms with Crippen molar-refractivity contribution < 1.29 is 4.74 Å². The molecule has 0 aliphatic carbocycles. The van der Waals surface area contributed by atoms with Gasteiger partial charge in [0.25, 0.3) is 0 Å². The molecule has 20 heavy (non-hydrogen) atoms. The molecule has 0 fully saturated rings. The molecule has 0 bridgehead atoms. The molecule has 0 saturated carbocycles. The van der Waals surface area contributed by atoms with E-state index in [1.807, 2.05) is 12.1 Å². The van der Waals surface area contributed by atoms with Crippen LogP contribution in [-0.2, 0) is 6.54 Å². The SMILES string of the molecule is CC(C)CNCc1nc(OC(C)CC(C)C)ccc1Cl. The molecular formula is C16H27ClN2O. The Bertz CT molecular complexity index is 407. The van der Waals surface area contributed by atoms with Gasteiger partial charge in [-0.15, -0.1) is 0 Å². The number of pyridine rings is 1. The first kappa shape index (κ1) is 17.3. The highest BCUT2D eigenvalue weighted by Crippen LogP contribution is 2.20. The smallest absolute Gasteiger partial charge is 0.213 e. The minimum Gasteiger partial charge on any atom is -0.475 e. The summed E-state index contributed by atoms with van der Waals surface area (Å²) in [4.78, 5) is 4.50. The lowest BCUT2D eigenvalue weighted by Crippen LogP contribution is -2.20. The lowest BCUT2D eigenvalue weighted by atomic mass is 10.1. The van der Waals surface area contributed by atoms with Crippen molar-refractivity contribution in [1.82, 2.24) is 10.3 Å². The molecule has 0 amide bonds. The number of hydrogen-bond acceptors (Lipinski definition) is 3. The molecule has 0 saturated heterocycles. The molecule has 114 valence electrons. The third kappa shape index (κ3) is 6.58. The Morgan fingerprint density at radius 2 is 1.85 bits per heavy atom. The van der Waals surface area contributed by atoms with Crippen molar-refractivity contribution in [3.8, 4) is 5.88 Å². The van der Waals surface area contributed by atoms with Crippen LogP contribution in [0.4, 0.5) is 0 Å². The highest BCUT2D eigenvalue weighted by molar-refractivity contribution is 6.31. The largest absolute Gasteiger partial charge is 0.475 e. The zero-order chi connectivity index (χ0) is 15.1. The Kier molecular flexibility index (Phi) is 7.31. The van der Waals surface area contributed by atoms with Crippen LogP contribution in [0, 0.1) is 11.8 Å². The highest BCUT2D eigenvalue weighted by Gasteiger charge is 2.10. The van der Waals surface area contributed by atoms with Crippen LogP contribution in [-0.4, -0.2) is 17.6 Å². The lowest BCUT2D eigenvalue weighted by molar-refractivity contribution is 0.185. The van der Waals surface area contributed by atoms with Crippen LogP contribution >= 0.6 is 11.6 Å². The molecule has 1 rings (SSSR count). The van der Waals surface area contributed by atoms with Gasteiger partial charge in [0.15, 0.2) is 0 Å². The summed E-state index contributed by atoms with van der Waals surface area (Å²) in [5.74, 6) is 1.88. The molecule has 3 nitrogen and oxygen atoms in total. The molecule has 1 unspecified atom stereocenters. The maximum absolute atomic E-state index is 6.17. The van der Waals surface area contributed by atoms with Gasteiger partial charge in [0.1, 0.15) is 0 Å². The average Bonchev–Trinajstić information content (AvgIpc) is 2.31. The summed E-state index contributed by atoms with van der Waals surface area (Å²) in [6, 6.07) is 3.70. The topological polar surface area (TPSA) is 34.2 Å². The van der Waals surface area contributed by atoms with Gasteiger partial charge in [-0.3, -0.25) is 0 Å². The van der Waals surface area contributed by atoms with Crippen LogP contribution in [0.1, 0.15) is 46.7 Å². The van der Waals surface area contributed by atoms with Gasteiger partial charge in [-0.05, 0) is 37.8 Å². The van der Waals surface area contributed by atoms with Crippen molar-refractivity contribution in [2.75, 3.05) is 6.54 Å². The van der Waals surface area contributed by atoms with Crippen molar-refractivity contribution in [3.63, 3.8) is 0 Å². The van der Waals surface area contributed by atoms with E-state index in [0.717, 1.165) is 18.7 Å². The molecule has 1 aromatic heterocycles. The van der Waals surface area contributed by atoms with E-state index in [1.165, 1.54) is 0 Å². The maximum Gasteiger partial charge on any atom is 0.213 e. The normalized spacial score (nSPS) is 13.0. The molecule has 0 aliphatic rings. The monoisotopic (exact) mass is 298 g/mol. The van der Waals surface area contributed by atoms with E-state index in [1.54, 1.807) is 0 Å². The van der Waals surface area contributed by atoms with Gasteiger partial charge in [0.2, 0.25) is 5.88 Å². The van der Waals surface area contributed by atoms with Gasteiger partial charge >= 0.3 is 0 Å². The second kappa shape index (κ2) is 8.48. The van der Waals surface area contributed by atoms with Gasteiger partial charge in [-0.2, -0.15) is 0 Å². The van der Waals surface area contributed by atoms with E-state index in [4.69, 9.17) is 16.3 Å². The minimum atomic E-state index is 0.167. The van der Waals surface area contributed by atoms with Gasteiger partial charge in [-0.25, -0.2) is 4.98 Å². The quantitative estimate of drug-likeness (QED) is 0.777. The molecule has 0 aromatic carbocycles. The second-order valence-electron chi connectivity index (χ2n) is 6.16. The summed E-state index contributed by atoms with van der Waals surface area (Å²) in [5, 5.41) is 4.04. The third-order valence-corrected chi connectivity index (χ3v) is 3.21. The van der Waals surface area contributed by atoms with Gasteiger partial charge in [-0.1, -0.05) is 39.3 Å². The van der Waals surface area contributed by atoms with Gasteiger partial charge < -0.3 is 10.1 Å². The number of rotatable bonds is 8. The first-order chi connectivity index (χ1) is 9.38. The average molecular weight is 299 g/mol. The van der Waals surface area contributed by atoms with E-state index in [0.29, 0.717) is 29.3 Å². The van der Waals surface area contributed by atoms with Crippen LogP contribution in [0.5, 0.6) is 5.88 Å². The number of nitrogens with zero attached hydrogens (tertiary/aromatic N) is 1. The molecule has 1 aromatic rings. The summed E-state index contributed by atoms with van der Waals surface area (Å²) in [6.45, 7) is 12.4. The maximum atomic E-state index is 6.17. The standard InChI is InChI=1S/C16H27ClN2O/c1-11(2)8-13(5)20-16-7-6-14(17)15(19-16)10-18-9-12(3)4/h6-7,11-13,18H,8-10H2,1-5H3. The summed E-state index contributed by atoms with van der Waals surface area (Å²) >= 11 is 6.17. The molecule has 1 heterocycles. The summed E-state index contributed by atoms with van der Waals surface area (Å²) in [5.41, 5.74) is 0.849. The Balaban J connectivity index is 2.61. The molecule has 1 N–H and O–H groups in total. The first-order valence-electron chi connectivity index (χ1n) is 7.41. The van der Waals surface area contributed by atoms with Gasteiger partial charge in [0, 0.05) is 12.6 Å². The number of halogens is 1. The Labute approximate surface area is 128 Å².